The molecule has 24 heavy (non-hydrogen) atoms. The molecule has 0 atom stereocenters. The third-order valence-corrected chi connectivity index (χ3v) is 4.72. The second-order valence-corrected chi connectivity index (χ2v) is 6.31. The number of hydrogen-bond acceptors (Lipinski definition) is 5. The van der Waals surface area contributed by atoms with Gasteiger partial charge in [0.15, 0.2) is 17.5 Å². The Labute approximate surface area is 165 Å². The number of rotatable bonds is 6. The van der Waals surface area contributed by atoms with E-state index in [2.05, 4.69) is 9.89 Å². The lowest BCUT2D eigenvalue weighted by molar-refractivity contribution is 0.322. The van der Waals surface area contributed by atoms with E-state index in [-0.39, 0.29) is 24.0 Å². The molecule has 1 aliphatic heterocycles. The summed E-state index contributed by atoms with van der Waals surface area (Å²) in [7, 11) is 4.84. The third kappa shape index (κ3) is 5.23. The predicted molar refractivity (Wildman–Crippen MR) is 111 cm³/mol. The monoisotopic (exact) mass is 467 g/mol. The molecule has 0 bridgehead atoms. The summed E-state index contributed by atoms with van der Waals surface area (Å²) in [5.74, 6) is 4.80. The number of nitrogens with two attached hydrogens (primary N) is 1. The highest BCUT2D eigenvalue weighted by Crippen LogP contribution is 2.39. The molecule has 1 aliphatic rings. The normalized spacial score (nSPS) is 14.8. The second kappa shape index (κ2) is 10.8. The Balaban J connectivity index is 0.00000288. The molecular weight excluding hydrogens is 441 g/mol. The third-order valence-electron chi connectivity index (χ3n) is 3.78. The van der Waals surface area contributed by atoms with Crippen LogP contribution in [0.3, 0.4) is 0 Å². The second-order valence-electron chi connectivity index (χ2n) is 5.08. The van der Waals surface area contributed by atoms with Gasteiger partial charge in [-0.15, -0.1) is 24.0 Å². The van der Waals surface area contributed by atoms with Crippen molar-refractivity contribution in [2.24, 2.45) is 10.7 Å². The molecule has 0 amide bonds. The number of halogens is 1. The summed E-state index contributed by atoms with van der Waals surface area (Å²) in [5, 5.41) is 0. The zero-order valence-electron chi connectivity index (χ0n) is 14.4. The quantitative estimate of drug-likeness (QED) is 0.393. The van der Waals surface area contributed by atoms with E-state index in [1.165, 1.54) is 0 Å². The number of nitrogens with zero attached hydrogens (tertiary/aromatic N) is 2. The fourth-order valence-electron chi connectivity index (χ4n) is 2.54. The number of guanidine groups is 1. The van der Waals surface area contributed by atoms with Crippen LogP contribution in [0, 0.1) is 0 Å². The van der Waals surface area contributed by atoms with Crippen molar-refractivity contribution < 1.29 is 14.2 Å². The maximum atomic E-state index is 6.08. The number of ether oxygens (including phenoxy) is 3. The molecule has 1 aromatic carbocycles. The molecule has 136 valence electrons. The zero-order chi connectivity index (χ0) is 16.7. The zero-order valence-corrected chi connectivity index (χ0v) is 17.6. The van der Waals surface area contributed by atoms with Gasteiger partial charge in [0.1, 0.15) is 0 Å². The first kappa shape index (κ1) is 21.0. The Bertz CT molecular complexity index is 552. The Hall–Kier alpha value is -1.03. The molecule has 6 nitrogen and oxygen atoms in total. The van der Waals surface area contributed by atoms with Crippen LogP contribution in [-0.2, 0) is 6.42 Å². The van der Waals surface area contributed by atoms with Gasteiger partial charge in [-0.25, -0.2) is 0 Å². The molecule has 0 spiro atoms. The number of methoxy groups -OCH3 is 3. The van der Waals surface area contributed by atoms with Crippen molar-refractivity contribution in [3.8, 4) is 17.2 Å². The molecule has 2 N–H and O–H groups in total. The molecule has 2 rings (SSSR count). The van der Waals surface area contributed by atoms with Gasteiger partial charge >= 0.3 is 0 Å². The van der Waals surface area contributed by atoms with Crippen LogP contribution in [0.2, 0.25) is 0 Å². The van der Waals surface area contributed by atoms with E-state index >= 15 is 0 Å². The van der Waals surface area contributed by atoms with Gasteiger partial charge < -0.3 is 24.8 Å². The van der Waals surface area contributed by atoms with Gasteiger partial charge in [-0.2, -0.15) is 11.8 Å². The van der Waals surface area contributed by atoms with Crippen molar-refractivity contribution in [3.63, 3.8) is 0 Å². The van der Waals surface area contributed by atoms with Gasteiger partial charge in [-0.05, 0) is 12.5 Å². The summed E-state index contributed by atoms with van der Waals surface area (Å²) in [6, 6.07) is 3.86. The van der Waals surface area contributed by atoms with E-state index in [1.807, 2.05) is 23.9 Å². The highest BCUT2D eigenvalue weighted by atomic mass is 127. The van der Waals surface area contributed by atoms with Gasteiger partial charge in [0.05, 0.1) is 21.3 Å². The highest BCUT2D eigenvalue weighted by Gasteiger charge is 2.16. The lowest BCUT2D eigenvalue weighted by atomic mass is 10.1. The molecule has 8 heteroatoms. The molecule has 0 aliphatic carbocycles. The summed E-state index contributed by atoms with van der Waals surface area (Å²) in [6.07, 6.45) is 0.729. The van der Waals surface area contributed by atoms with E-state index in [1.54, 1.807) is 21.3 Å². The smallest absolute Gasteiger partial charge is 0.203 e. The van der Waals surface area contributed by atoms with Crippen LogP contribution in [0.4, 0.5) is 0 Å². The maximum absolute atomic E-state index is 6.08. The maximum Gasteiger partial charge on any atom is 0.203 e. The van der Waals surface area contributed by atoms with Crippen LogP contribution in [0.15, 0.2) is 17.1 Å². The fourth-order valence-corrected chi connectivity index (χ4v) is 3.45. The molecular formula is C16H26IN3O3S. The predicted octanol–water partition coefficient (Wildman–Crippen LogP) is 2.24. The molecule has 0 saturated carbocycles. The Morgan fingerprint density at radius 1 is 1.12 bits per heavy atom. The molecule has 1 saturated heterocycles. The summed E-state index contributed by atoms with van der Waals surface area (Å²) < 4.78 is 16.2. The van der Waals surface area contributed by atoms with E-state index in [9.17, 15) is 0 Å². The average Bonchev–Trinajstić information content (AvgIpc) is 2.61. The van der Waals surface area contributed by atoms with Crippen molar-refractivity contribution in [3.05, 3.63) is 17.7 Å². The standard InChI is InChI=1S/C16H25N3O3S.HI/c1-20-13-5-4-12(14(21-2)15(13)22-3)6-7-18-16(17)19-8-10-23-11-9-19;/h4-5H,6-11H2,1-3H3,(H2,17,18);1H. The van der Waals surface area contributed by atoms with Crippen molar-refractivity contribution in [2.45, 2.75) is 6.42 Å². The van der Waals surface area contributed by atoms with E-state index < -0.39 is 0 Å². The van der Waals surface area contributed by atoms with Gasteiger partial charge in [0, 0.05) is 36.7 Å². The van der Waals surface area contributed by atoms with Gasteiger partial charge in [-0.1, -0.05) is 6.07 Å². The first-order valence-electron chi connectivity index (χ1n) is 7.61. The lowest BCUT2D eigenvalue weighted by Crippen LogP contribution is -2.42. The Morgan fingerprint density at radius 3 is 2.38 bits per heavy atom. The van der Waals surface area contributed by atoms with Crippen molar-refractivity contribution >= 4 is 41.7 Å². The summed E-state index contributed by atoms with van der Waals surface area (Å²) in [6.45, 7) is 2.56. The van der Waals surface area contributed by atoms with Crippen LogP contribution in [0.5, 0.6) is 17.2 Å². The minimum absolute atomic E-state index is 0. The number of thioether (sulfide) groups is 1. The van der Waals surface area contributed by atoms with E-state index in [0.717, 1.165) is 36.6 Å². The van der Waals surface area contributed by atoms with Crippen LogP contribution in [-0.4, -0.2) is 63.3 Å². The van der Waals surface area contributed by atoms with Gasteiger partial charge in [0.25, 0.3) is 0 Å². The molecule has 0 radical (unpaired) electrons. The molecule has 0 aromatic heterocycles. The molecule has 1 aromatic rings. The van der Waals surface area contributed by atoms with Crippen molar-refractivity contribution in [1.82, 2.24) is 4.90 Å². The average molecular weight is 467 g/mol. The van der Waals surface area contributed by atoms with Crippen molar-refractivity contribution in [2.75, 3.05) is 52.5 Å². The first-order valence-corrected chi connectivity index (χ1v) is 8.77. The molecule has 1 fully saturated rings. The topological polar surface area (TPSA) is 69.3 Å². The minimum Gasteiger partial charge on any atom is -0.493 e. The molecule has 1 heterocycles. The van der Waals surface area contributed by atoms with Gasteiger partial charge in [-0.3, -0.25) is 4.99 Å². The molecule has 0 unspecified atom stereocenters. The Morgan fingerprint density at radius 2 is 1.79 bits per heavy atom. The summed E-state index contributed by atoms with van der Waals surface area (Å²) in [4.78, 5) is 6.64. The SMILES string of the molecule is COc1ccc(CCN=C(N)N2CCSCC2)c(OC)c1OC.I. The van der Waals surface area contributed by atoms with E-state index in [0.29, 0.717) is 29.8 Å². The van der Waals surface area contributed by atoms with Crippen LogP contribution in [0.1, 0.15) is 5.56 Å². The Kier molecular flexibility index (Phi) is 9.42. The van der Waals surface area contributed by atoms with Gasteiger partial charge in [0.2, 0.25) is 5.75 Å². The van der Waals surface area contributed by atoms with Crippen LogP contribution in [0.25, 0.3) is 0 Å². The van der Waals surface area contributed by atoms with E-state index in [4.69, 9.17) is 19.9 Å². The van der Waals surface area contributed by atoms with Crippen LogP contribution < -0.4 is 19.9 Å². The highest BCUT2D eigenvalue weighted by molar-refractivity contribution is 14.0. The number of benzene rings is 1. The van der Waals surface area contributed by atoms with Crippen LogP contribution >= 0.6 is 35.7 Å². The largest absolute Gasteiger partial charge is 0.493 e. The minimum atomic E-state index is 0. The van der Waals surface area contributed by atoms with Crippen molar-refractivity contribution in [1.29, 1.82) is 0 Å². The fraction of sp³-hybridized carbons (Fsp3) is 0.562. The first-order chi connectivity index (χ1) is 11.2. The summed E-state index contributed by atoms with van der Waals surface area (Å²) in [5.41, 5.74) is 7.10. The summed E-state index contributed by atoms with van der Waals surface area (Å²) >= 11 is 1.95. The lowest BCUT2D eigenvalue weighted by Gasteiger charge is -2.27. The number of hydrogen-bond donors (Lipinski definition) is 1. The number of aliphatic imine (C=N–C) groups is 1.